The molecule has 0 aliphatic heterocycles. The molecule has 28 heavy (non-hydrogen) atoms. The Bertz CT molecular complexity index is 909. The molecule has 2 N–H and O–H groups in total. The molecule has 0 saturated heterocycles. The molecule has 0 amide bonds. The van der Waals surface area contributed by atoms with Crippen molar-refractivity contribution >= 4 is 16.0 Å². The fraction of sp³-hybridized carbons (Fsp3) is 0.350. The zero-order valence-corrected chi connectivity index (χ0v) is 17.0. The molecular formula is C20H25NO6S. The number of carbonyl (C=O) groups excluding carboxylic acids is 1. The quantitative estimate of drug-likeness (QED) is 0.489. The summed E-state index contributed by atoms with van der Waals surface area (Å²) in [6, 6.07) is 9.04. The molecule has 0 saturated carbocycles. The first kappa shape index (κ1) is 21.7. The molecule has 0 aliphatic rings. The topological polar surface area (TPSA) is 102 Å². The van der Waals surface area contributed by atoms with Crippen molar-refractivity contribution in [3.8, 4) is 11.5 Å². The molecular weight excluding hydrogens is 382 g/mol. The number of unbranched alkanes of at least 4 members (excludes halogenated alkanes) is 1. The Hall–Kier alpha value is -2.58. The lowest BCUT2D eigenvalue weighted by Crippen LogP contribution is -2.35. The zero-order valence-electron chi connectivity index (χ0n) is 16.1. The summed E-state index contributed by atoms with van der Waals surface area (Å²) in [5.41, 5.74) is 0.955. The molecule has 0 aromatic heterocycles. The first-order valence-electron chi connectivity index (χ1n) is 8.91. The summed E-state index contributed by atoms with van der Waals surface area (Å²) in [5, 5.41) is 10.2. The van der Waals surface area contributed by atoms with Crippen molar-refractivity contribution in [2.75, 3.05) is 13.7 Å². The molecule has 2 rings (SSSR count). The van der Waals surface area contributed by atoms with E-state index < -0.39 is 22.0 Å². The number of phenolic OH excluding ortho intramolecular Hbond substituents is 1. The maximum absolute atomic E-state index is 12.8. The van der Waals surface area contributed by atoms with E-state index in [1.807, 2.05) is 13.8 Å². The highest BCUT2D eigenvalue weighted by Gasteiger charge is 2.31. The van der Waals surface area contributed by atoms with Crippen molar-refractivity contribution in [1.29, 1.82) is 0 Å². The highest BCUT2D eigenvalue weighted by molar-refractivity contribution is 7.89. The number of rotatable bonds is 9. The van der Waals surface area contributed by atoms with E-state index in [-0.39, 0.29) is 22.8 Å². The van der Waals surface area contributed by atoms with Crippen LogP contribution in [0.1, 0.15) is 36.9 Å². The van der Waals surface area contributed by atoms with Crippen LogP contribution in [0.3, 0.4) is 0 Å². The molecule has 0 fully saturated rings. The van der Waals surface area contributed by atoms with Gasteiger partial charge in [-0.3, -0.25) is 0 Å². The zero-order chi connectivity index (χ0) is 20.7. The van der Waals surface area contributed by atoms with Gasteiger partial charge in [0.05, 0.1) is 18.6 Å². The third kappa shape index (κ3) is 5.46. The van der Waals surface area contributed by atoms with E-state index in [1.165, 1.54) is 37.4 Å². The maximum Gasteiger partial charge on any atom is 0.328 e. The van der Waals surface area contributed by atoms with Gasteiger partial charge < -0.3 is 14.6 Å². The molecule has 0 spiro atoms. The van der Waals surface area contributed by atoms with E-state index in [9.17, 15) is 18.3 Å². The standard InChI is InChI=1S/C20H25NO6S/c1-4-5-12-27-20(23)19(17-13-15(26-3)8-11-18(17)22)21-28(24,25)16-9-6-14(2)7-10-16/h6-11,13,19,21-22H,4-5,12H2,1-3H3. The second-order valence-electron chi connectivity index (χ2n) is 6.31. The number of sulfonamides is 1. The number of carbonyl (C=O) groups is 1. The van der Waals surface area contributed by atoms with Gasteiger partial charge in [0.1, 0.15) is 17.5 Å². The van der Waals surface area contributed by atoms with Crippen LogP contribution < -0.4 is 9.46 Å². The van der Waals surface area contributed by atoms with E-state index in [0.29, 0.717) is 12.2 Å². The normalized spacial score (nSPS) is 12.4. The van der Waals surface area contributed by atoms with Gasteiger partial charge in [-0.1, -0.05) is 31.0 Å². The van der Waals surface area contributed by atoms with Crippen molar-refractivity contribution in [1.82, 2.24) is 4.72 Å². The SMILES string of the molecule is CCCCOC(=O)C(NS(=O)(=O)c1ccc(C)cc1)c1cc(OC)ccc1O. The lowest BCUT2D eigenvalue weighted by atomic mass is 10.1. The molecule has 1 unspecified atom stereocenters. The Morgan fingerprint density at radius 1 is 1.18 bits per heavy atom. The van der Waals surface area contributed by atoms with E-state index in [0.717, 1.165) is 12.0 Å². The minimum Gasteiger partial charge on any atom is -0.508 e. The first-order valence-corrected chi connectivity index (χ1v) is 10.4. The minimum absolute atomic E-state index is 0.00634. The Balaban J connectivity index is 2.40. The number of benzene rings is 2. The monoisotopic (exact) mass is 407 g/mol. The van der Waals surface area contributed by atoms with Gasteiger partial charge in [0.15, 0.2) is 0 Å². The van der Waals surface area contributed by atoms with Crippen LogP contribution in [0.25, 0.3) is 0 Å². The largest absolute Gasteiger partial charge is 0.508 e. The average molecular weight is 407 g/mol. The maximum atomic E-state index is 12.8. The van der Waals surface area contributed by atoms with Crippen molar-refractivity contribution in [2.24, 2.45) is 0 Å². The second-order valence-corrected chi connectivity index (χ2v) is 8.03. The summed E-state index contributed by atoms with van der Waals surface area (Å²) >= 11 is 0. The molecule has 8 heteroatoms. The fourth-order valence-electron chi connectivity index (χ4n) is 2.47. The van der Waals surface area contributed by atoms with Crippen LogP contribution in [0.2, 0.25) is 0 Å². The molecule has 2 aromatic rings. The van der Waals surface area contributed by atoms with Gasteiger partial charge in [-0.25, -0.2) is 13.2 Å². The van der Waals surface area contributed by atoms with Crippen LogP contribution >= 0.6 is 0 Å². The number of hydrogen-bond donors (Lipinski definition) is 2. The van der Waals surface area contributed by atoms with E-state index >= 15 is 0 Å². The lowest BCUT2D eigenvalue weighted by molar-refractivity contribution is -0.146. The number of phenols is 1. The molecule has 152 valence electrons. The van der Waals surface area contributed by atoms with Crippen LogP contribution in [0.4, 0.5) is 0 Å². The summed E-state index contributed by atoms with van der Waals surface area (Å²) in [6.45, 7) is 3.94. The van der Waals surface area contributed by atoms with E-state index in [4.69, 9.17) is 9.47 Å². The number of aromatic hydroxyl groups is 1. The van der Waals surface area contributed by atoms with Gasteiger partial charge in [0.2, 0.25) is 10.0 Å². The summed E-state index contributed by atoms with van der Waals surface area (Å²) < 4.78 is 38.3. The Morgan fingerprint density at radius 2 is 1.86 bits per heavy atom. The van der Waals surface area contributed by atoms with Crippen molar-refractivity contribution in [3.63, 3.8) is 0 Å². The van der Waals surface area contributed by atoms with Gasteiger partial charge >= 0.3 is 5.97 Å². The third-order valence-corrected chi connectivity index (χ3v) is 5.57. The van der Waals surface area contributed by atoms with Gasteiger partial charge in [0, 0.05) is 5.56 Å². The van der Waals surface area contributed by atoms with E-state index in [2.05, 4.69) is 4.72 Å². The number of esters is 1. The second kappa shape index (κ2) is 9.57. The van der Waals surface area contributed by atoms with Crippen LogP contribution in [0.5, 0.6) is 11.5 Å². The molecule has 0 heterocycles. The Kier molecular flexibility index (Phi) is 7.42. The van der Waals surface area contributed by atoms with Gasteiger partial charge in [-0.2, -0.15) is 4.72 Å². The molecule has 2 aromatic carbocycles. The Morgan fingerprint density at radius 3 is 2.46 bits per heavy atom. The average Bonchev–Trinajstić information content (AvgIpc) is 2.67. The predicted molar refractivity (Wildman–Crippen MR) is 105 cm³/mol. The fourth-order valence-corrected chi connectivity index (χ4v) is 3.63. The van der Waals surface area contributed by atoms with Crippen LogP contribution in [-0.2, 0) is 19.6 Å². The molecule has 7 nitrogen and oxygen atoms in total. The number of methoxy groups -OCH3 is 1. The predicted octanol–water partition coefficient (Wildman–Crippen LogP) is 3.07. The van der Waals surface area contributed by atoms with Gasteiger partial charge in [-0.05, 0) is 43.7 Å². The lowest BCUT2D eigenvalue weighted by Gasteiger charge is -2.20. The van der Waals surface area contributed by atoms with Crippen LogP contribution in [0.15, 0.2) is 47.4 Å². The Labute approximate surface area is 165 Å². The number of hydrogen-bond acceptors (Lipinski definition) is 6. The molecule has 0 radical (unpaired) electrons. The minimum atomic E-state index is -4.04. The highest BCUT2D eigenvalue weighted by Crippen LogP contribution is 2.30. The summed E-state index contributed by atoms with van der Waals surface area (Å²) in [5.74, 6) is -0.675. The van der Waals surface area contributed by atoms with Crippen LogP contribution in [0, 0.1) is 6.92 Å². The third-order valence-electron chi connectivity index (χ3n) is 4.13. The van der Waals surface area contributed by atoms with Gasteiger partial charge in [-0.15, -0.1) is 0 Å². The number of ether oxygens (including phenoxy) is 2. The molecule has 0 aliphatic carbocycles. The summed E-state index contributed by atoms with van der Waals surface area (Å²) in [6.07, 6.45) is 1.46. The van der Waals surface area contributed by atoms with Crippen molar-refractivity contribution < 1.29 is 27.8 Å². The number of nitrogens with one attached hydrogen (secondary N) is 1. The van der Waals surface area contributed by atoms with Gasteiger partial charge in [0.25, 0.3) is 0 Å². The first-order chi connectivity index (χ1) is 13.3. The van der Waals surface area contributed by atoms with Crippen molar-refractivity contribution in [3.05, 3.63) is 53.6 Å². The number of aryl methyl sites for hydroxylation is 1. The van der Waals surface area contributed by atoms with Crippen molar-refractivity contribution in [2.45, 2.75) is 37.6 Å². The highest BCUT2D eigenvalue weighted by atomic mass is 32.2. The summed E-state index contributed by atoms with van der Waals surface area (Å²) in [4.78, 5) is 12.6. The molecule has 1 atom stereocenters. The van der Waals surface area contributed by atoms with E-state index in [1.54, 1.807) is 12.1 Å². The smallest absolute Gasteiger partial charge is 0.328 e. The molecule has 0 bridgehead atoms. The summed E-state index contributed by atoms with van der Waals surface area (Å²) in [7, 11) is -2.61. The van der Waals surface area contributed by atoms with Crippen LogP contribution in [-0.4, -0.2) is 33.2 Å².